The van der Waals surface area contributed by atoms with Gasteiger partial charge in [-0.2, -0.15) is 0 Å². The van der Waals surface area contributed by atoms with Crippen molar-refractivity contribution in [2.24, 2.45) is 5.92 Å². The number of amides is 2. The van der Waals surface area contributed by atoms with Gasteiger partial charge in [0.05, 0.1) is 6.67 Å². The summed E-state index contributed by atoms with van der Waals surface area (Å²) in [7, 11) is 0. The van der Waals surface area contributed by atoms with Gasteiger partial charge in [-0.1, -0.05) is 13.8 Å². The third-order valence-electron chi connectivity index (χ3n) is 0.972. The van der Waals surface area contributed by atoms with Crippen LogP contribution in [0.2, 0.25) is 0 Å². The van der Waals surface area contributed by atoms with Crippen LogP contribution in [0.1, 0.15) is 13.8 Å². The molecule has 0 radical (unpaired) electrons. The van der Waals surface area contributed by atoms with E-state index in [9.17, 15) is 9.59 Å². The molecule has 2 N–H and O–H groups in total. The summed E-state index contributed by atoms with van der Waals surface area (Å²) in [5.74, 6) is -0.0946. The van der Waals surface area contributed by atoms with Crippen molar-refractivity contribution in [2.45, 2.75) is 13.8 Å². The predicted octanol–water partition coefficient (Wildman–Crippen LogP) is -0.538. The van der Waals surface area contributed by atoms with Crippen LogP contribution in [-0.2, 0) is 9.59 Å². The van der Waals surface area contributed by atoms with E-state index >= 15 is 0 Å². The molecule has 58 valence electrons. The molecule has 0 aliphatic rings. The van der Waals surface area contributed by atoms with E-state index in [1.807, 2.05) is 0 Å². The molecule has 0 unspecified atom stereocenters. The minimum Gasteiger partial charge on any atom is -0.341 e. The molecular formula is C6H12N2O2. The quantitative estimate of drug-likeness (QED) is 0.316. The van der Waals surface area contributed by atoms with Gasteiger partial charge in [0.25, 0.3) is 0 Å². The summed E-state index contributed by atoms with van der Waals surface area (Å²) in [5, 5.41) is 4.82. The Morgan fingerprint density at radius 2 is 2.20 bits per heavy atom. The predicted molar refractivity (Wildman–Crippen MR) is 37.0 cm³/mol. The van der Waals surface area contributed by atoms with Gasteiger partial charge in [0, 0.05) is 5.92 Å². The molecule has 0 heterocycles. The Labute approximate surface area is 60.0 Å². The fraction of sp³-hybridized carbons (Fsp3) is 0.667. The summed E-state index contributed by atoms with van der Waals surface area (Å²) in [6.07, 6.45) is 0.542. The first-order valence-electron chi connectivity index (χ1n) is 3.13. The van der Waals surface area contributed by atoms with E-state index in [1.54, 1.807) is 13.8 Å². The van der Waals surface area contributed by atoms with E-state index in [1.165, 1.54) is 0 Å². The Morgan fingerprint density at radius 3 is 2.60 bits per heavy atom. The summed E-state index contributed by atoms with van der Waals surface area (Å²) in [6.45, 7) is 3.78. The molecule has 0 fully saturated rings. The zero-order chi connectivity index (χ0) is 7.98. The van der Waals surface area contributed by atoms with E-state index in [0.717, 1.165) is 0 Å². The molecule has 0 saturated carbocycles. The molecule has 10 heavy (non-hydrogen) atoms. The van der Waals surface area contributed by atoms with Gasteiger partial charge in [0.2, 0.25) is 12.3 Å². The van der Waals surface area contributed by atoms with E-state index in [-0.39, 0.29) is 18.5 Å². The van der Waals surface area contributed by atoms with Gasteiger partial charge < -0.3 is 10.6 Å². The first-order valence-corrected chi connectivity index (χ1v) is 3.13. The van der Waals surface area contributed by atoms with Crippen LogP contribution < -0.4 is 10.6 Å². The summed E-state index contributed by atoms with van der Waals surface area (Å²) >= 11 is 0. The van der Waals surface area contributed by atoms with E-state index in [0.29, 0.717) is 6.41 Å². The van der Waals surface area contributed by atoms with Gasteiger partial charge >= 0.3 is 0 Å². The van der Waals surface area contributed by atoms with Crippen LogP contribution in [0.4, 0.5) is 0 Å². The lowest BCUT2D eigenvalue weighted by Crippen LogP contribution is -2.35. The minimum absolute atomic E-state index is 0.0338. The van der Waals surface area contributed by atoms with Gasteiger partial charge in [-0.15, -0.1) is 0 Å². The highest BCUT2D eigenvalue weighted by Gasteiger charge is 2.03. The molecule has 0 aromatic carbocycles. The molecule has 4 heteroatoms. The molecular weight excluding hydrogens is 132 g/mol. The number of nitrogens with one attached hydrogen (secondary N) is 2. The van der Waals surface area contributed by atoms with Crippen molar-refractivity contribution >= 4 is 12.3 Å². The number of rotatable bonds is 4. The summed E-state index contributed by atoms with van der Waals surface area (Å²) in [4.78, 5) is 20.4. The zero-order valence-electron chi connectivity index (χ0n) is 6.18. The molecule has 0 spiro atoms. The Kier molecular flexibility index (Phi) is 4.28. The van der Waals surface area contributed by atoms with Crippen molar-refractivity contribution in [1.29, 1.82) is 0 Å². The number of hydrogen-bond donors (Lipinski definition) is 2. The van der Waals surface area contributed by atoms with Crippen LogP contribution in [0.3, 0.4) is 0 Å². The maximum atomic E-state index is 10.8. The number of carbonyl (C=O) groups is 2. The molecule has 2 amide bonds. The SMILES string of the molecule is CC(C)C(=O)NCNC=O. The van der Waals surface area contributed by atoms with Crippen molar-refractivity contribution in [3.05, 3.63) is 0 Å². The second kappa shape index (κ2) is 4.78. The Hall–Kier alpha value is -1.06. The van der Waals surface area contributed by atoms with Gasteiger partial charge in [-0.25, -0.2) is 0 Å². The fourth-order valence-electron chi connectivity index (χ4n) is 0.384. The van der Waals surface area contributed by atoms with Crippen LogP contribution in [0.5, 0.6) is 0 Å². The fourth-order valence-corrected chi connectivity index (χ4v) is 0.384. The highest BCUT2D eigenvalue weighted by Crippen LogP contribution is 1.88. The lowest BCUT2D eigenvalue weighted by Gasteiger charge is -2.05. The average Bonchev–Trinajstić information content (AvgIpc) is 1.88. The number of carbonyl (C=O) groups excluding carboxylic acids is 2. The molecule has 0 aliphatic carbocycles. The molecule has 0 aliphatic heterocycles. The minimum atomic E-state index is -0.0608. The lowest BCUT2D eigenvalue weighted by molar-refractivity contribution is -0.124. The summed E-state index contributed by atoms with van der Waals surface area (Å²) < 4.78 is 0. The summed E-state index contributed by atoms with van der Waals surface area (Å²) in [5.41, 5.74) is 0. The Balaban J connectivity index is 3.30. The molecule has 0 atom stereocenters. The lowest BCUT2D eigenvalue weighted by atomic mass is 10.2. The monoisotopic (exact) mass is 144 g/mol. The van der Waals surface area contributed by atoms with Crippen LogP contribution in [0, 0.1) is 5.92 Å². The van der Waals surface area contributed by atoms with Crippen LogP contribution in [-0.4, -0.2) is 19.0 Å². The van der Waals surface area contributed by atoms with Gasteiger partial charge in [-0.05, 0) is 0 Å². The standard InChI is InChI=1S/C6H12N2O2/c1-5(2)6(10)8-3-7-4-9/h4-5H,3H2,1-2H3,(H,7,9)(H,8,10). The van der Waals surface area contributed by atoms with Gasteiger partial charge in [-0.3, -0.25) is 9.59 Å². The second-order valence-electron chi connectivity index (χ2n) is 2.19. The maximum Gasteiger partial charge on any atom is 0.223 e. The molecule has 0 aromatic rings. The maximum absolute atomic E-state index is 10.8. The third-order valence-corrected chi connectivity index (χ3v) is 0.972. The summed E-state index contributed by atoms with van der Waals surface area (Å²) in [6, 6.07) is 0. The van der Waals surface area contributed by atoms with Crippen molar-refractivity contribution in [3.63, 3.8) is 0 Å². The van der Waals surface area contributed by atoms with Crippen molar-refractivity contribution in [3.8, 4) is 0 Å². The third kappa shape index (κ3) is 3.88. The van der Waals surface area contributed by atoms with E-state index in [4.69, 9.17) is 0 Å². The van der Waals surface area contributed by atoms with Crippen LogP contribution >= 0.6 is 0 Å². The average molecular weight is 144 g/mol. The molecule has 0 saturated heterocycles. The second-order valence-corrected chi connectivity index (χ2v) is 2.19. The highest BCUT2D eigenvalue weighted by atomic mass is 16.2. The Bertz CT molecular complexity index is 123. The molecule has 0 bridgehead atoms. The largest absolute Gasteiger partial charge is 0.341 e. The van der Waals surface area contributed by atoms with Crippen molar-refractivity contribution in [1.82, 2.24) is 10.6 Å². The smallest absolute Gasteiger partial charge is 0.223 e. The normalized spacial score (nSPS) is 9.10. The van der Waals surface area contributed by atoms with Gasteiger partial charge in [0.15, 0.2) is 0 Å². The van der Waals surface area contributed by atoms with Crippen molar-refractivity contribution in [2.75, 3.05) is 6.67 Å². The topological polar surface area (TPSA) is 58.2 Å². The van der Waals surface area contributed by atoms with E-state index in [2.05, 4.69) is 10.6 Å². The highest BCUT2D eigenvalue weighted by molar-refractivity contribution is 5.77. The molecule has 0 rings (SSSR count). The van der Waals surface area contributed by atoms with E-state index < -0.39 is 0 Å². The number of hydrogen-bond acceptors (Lipinski definition) is 2. The van der Waals surface area contributed by atoms with Crippen LogP contribution in [0.15, 0.2) is 0 Å². The molecule has 4 nitrogen and oxygen atoms in total. The first-order chi connectivity index (χ1) is 4.68. The van der Waals surface area contributed by atoms with Crippen LogP contribution in [0.25, 0.3) is 0 Å². The van der Waals surface area contributed by atoms with Crippen molar-refractivity contribution < 1.29 is 9.59 Å². The Morgan fingerprint density at radius 1 is 1.60 bits per heavy atom. The molecule has 0 aromatic heterocycles. The zero-order valence-corrected chi connectivity index (χ0v) is 6.18. The first kappa shape index (κ1) is 8.94. The van der Waals surface area contributed by atoms with Gasteiger partial charge in [0.1, 0.15) is 0 Å².